The third kappa shape index (κ3) is 3.43. The monoisotopic (exact) mass is 493 g/mol. The minimum atomic E-state index is -4.10. The van der Waals surface area contributed by atoms with Gasteiger partial charge in [0.25, 0.3) is 16.7 Å². The lowest BCUT2D eigenvalue weighted by atomic mass is 9.93. The van der Waals surface area contributed by atoms with Crippen molar-refractivity contribution in [2.45, 2.75) is 43.9 Å². The summed E-state index contributed by atoms with van der Waals surface area (Å²) in [5, 5.41) is 7.63. The van der Waals surface area contributed by atoms with Gasteiger partial charge in [0.15, 0.2) is 11.9 Å². The smallest absolute Gasteiger partial charge is 0.285 e. The third-order valence-corrected chi connectivity index (χ3v) is 9.39. The van der Waals surface area contributed by atoms with Crippen molar-refractivity contribution in [3.63, 3.8) is 0 Å². The van der Waals surface area contributed by atoms with Gasteiger partial charge in [-0.1, -0.05) is 70.5 Å². The molecule has 35 heavy (non-hydrogen) atoms. The zero-order valence-corrected chi connectivity index (χ0v) is 20.5. The average molecular weight is 494 g/mol. The number of sulfone groups is 1. The number of hydrogen-bond donors (Lipinski definition) is 1. The number of rotatable bonds is 3. The number of nitrogens with one attached hydrogen (secondary N) is 1. The van der Waals surface area contributed by atoms with Crippen LogP contribution in [-0.4, -0.2) is 53.3 Å². The average Bonchev–Trinajstić information content (AvgIpc) is 3.17. The molecule has 2 aromatic rings. The summed E-state index contributed by atoms with van der Waals surface area (Å²) < 4.78 is 29.3. The first-order chi connectivity index (χ1) is 16.8. The van der Waals surface area contributed by atoms with E-state index in [0.29, 0.717) is 42.8 Å². The van der Waals surface area contributed by atoms with Gasteiger partial charge in [0.05, 0.1) is 0 Å². The van der Waals surface area contributed by atoms with E-state index in [4.69, 9.17) is 0 Å². The summed E-state index contributed by atoms with van der Waals surface area (Å²) >= 11 is 0. The summed E-state index contributed by atoms with van der Waals surface area (Å²) in [6, 6.07) is 17.9. The molecule has 1 N–H and O–H groups in total. The van der Waals surface area contributed by atoms with Crippen LogP contribution in [0.15, 0.2) is 65.8 Å². The normalized spacial score (nSPS) is 23.8. The fraction of sp³-hybridized carbons (Fsp3) is 0.320. The lowest BCUT2D eigenvalue weighted by molar-refractivity contribution is -0.496. The highest BCUT2D eigenvalue weighted by Gasteiger charge is 2.63. The molecule has 0 bridgehead atoms. The lowest BCUT2D eigenvalue weighted by Gasteiger charge is -2.38. The summed E-state index contributed by atoms with van der Waals surface area (Å²) in [5.74, 6) is -1.07. The van der Waals surface area contributed by atoms with Gasteiger partial charge < -0.3 is 0 Å². The molecule has 3 aliphatic rings. The molecule has 5 rings (SSSR count). The van der Waals surface area contributed by atoms with Crippen LogP contribution in [0, 0.1) is 0 Å². The van der Waals surface area contributed by atoms with E-state index in [1.165, 1.54) is 9.91 Å². The van der Waals surface area contributed by atoms with Gasteiger partial charge in [-0.3, -0.25) is 14.5 Å². The van der Waals surface area contributed by atoms with E-state index in [1.54, 1.807) is 55.1 Å². The van der Waals surface area contributed by atoms with Crippen LogP contribution in [0.1, 0.15) is 39.0 Å². The highest BCUT2D eigenvalue weighted by atomic mass is 32.2. The maximum atomic E-state index is 13.8. The Morgan fingerprint density at radius 2 is 1.46 bits per heavy atom. The van der Waals surface area contributed by atoms with Crippen molar-refractivity contribution in [2.24, 2.45) is 5.10 Å². The van der Waals surface area contributed by atoms with Gasteiger partial charge in [-0.05, 0) is 37.1 Å². The Balaban J connectivity index is 1.59. The maximum absolute atomic E-state index is 13.8. The summed E-state index contributed by atoms with van der Waals surface area (Å²) in [4.78, 5) is 26.8. The molecule has 0 atom stereocenters. The summed E-state index contributed by atoms with van der Waals surface area (Å²) in [6.07, 6.45) is 3.02. The molecule has 180 valence electrons. The minimum absolute atomic E-state index is 0.114. The second-order valence-corrected chi connectivity index (χ2v) is 11.1. The number of nitrogens with zero attached hydrogens (tertiary/aromatic N) is 4. The van der Waals surface area contributed by atoms with Crippen molar-refractivity contribution >= 4 is 49.5 Å². The molecule has 1 saturated heterocycles. The molecule has 0 aromatic heterocycles. The van der Waals surface area contributed by atoms with Crippen LogP contribution in [0.2, 0.25) is 0 Å². The van der Waals surface area contributed by atoms with Gasteiger partial charge in [-0.15, -0.1) is 0 Å². The van der Waals surface area contributed by atoms with Crippen LogP contribution in [-0.2, 0) is 19.4 Å². The number of carbonyl (C=O) groups is 2. The van der Waals surface area contributed by atoms with E-state index >= 15 is 0 Å². The second kappa shape index (κ2) is 8.53. The highest BCUT2D eigenvalue weighted by Crippen LogP contribution is 2.46. The molecule has 1 aliphatic carbocycles. The van der Waals surface area contributed by atoms with E-state index in [-0.39, 0.29) is 5.71 Å². The Hall–Kier alpha value is -3.66. The predicted octanol–water partition coefficient (Wildman–Crippen LogP) is 1.01. The van der Waals surface area contributed by atoms with Crippen LogP contribution in [0.25, 0.3) is 0 Å². The molecule has 1 spiro atoms. The Morgan fingerprint density at radius 1 is 0.886 bits per heavy atom. The highest BCUT2D eigenvalue weighted by molar-refractivity contribution is 8.10. The number of benzene rings is 2. The number of amides is 2. The van der Waals surface area contributed by atoms with Crippen LogP contribution in [0.4, 0.5) is 11.4 Å². The van der Waals surface area contributed by atoms with Crippen LogP contribution >= 0.6 is 0 Å². The number of hydrazone groups is 2. The lowest BCUT2D eigenvalue weighted by Crippen LogP contribution is -2.71. The maximum Gasteiger partial charge on any atom is 0.386 e. The number of hydrazine groups is 1. The van der Waals surface area contributed by atoms with E-state index in [2.05, 4.69) is 10.2 Å². The molecule has 10 heteroatoms. The molecule has 0 radical (unpaired) electrons. The molecular weight excluding hydrogens is 466 g/mol. The first-order valence-electron chi connectivity index (χ1n) is 11.6. The Morgan fingerprint density at radius 3 is 2.06 bits per heavy atom. The van der Waals surface area contributed by atoms with Crippen molar-refractivity contribution in [3.8, 4) is 0 Å². The van der Waals surface area contributed by atoms with Crippen molar-refractivity contribution < 1.29 is 27.8 Å². The molecular formula is C25H27N5O4S+2. The zero-order chi connectivity index (χ0) is 24.8. The molecule has 2 aromatic carbocycles. The van der Waals surface area contributed by atoms with Gasteiger partial charge >= 0.3 is 11.6 Å². The van der Waals surface area contributed by atoms with Crippen molar-refractivity contribution in [3.05, 3.63) is 60.7 Å². The molecule has 2 amide bonds. The van der Waals surface area contributed by atoms with Gasteiger partial charge in [-0.2, -0.15) is 0 Å². The van der Waals surface area contributed by atoms with Crippen LogP contribution in [0.3, 0.4) is 0 Å². The van der Waals surface area contributed by atoms with Crippen molar-refractivity contribution in [1.82, 2.24) is 0 Å². The summed E-state index contributed by atoms with van der Waals surface area (Å²) in [5.41, 5.74) is 1.85. The van der Waals surface area contributed by atoms with Gasteiger partial charge in [-0.25, -0.2) is 8.42 Å². The Bertz CT molecular complexity index is 1390. The van der Waals surface area contributed by atoms with Gasteiger partial charge in [0.1, 0.15) is 5.69 Å². The Kier molecular flexibility index (Phi) is 5.63. The molecule has 2 fully saturated rings. The molecule has 9 nitrogen and oxygen atoms in total. The standard InChI is InChI=1S/C25H26N5O4S/c1-18-21(23(31)30(28(18)2)20-14-8-4-9-15-20)26-27-22-24(32)29(19-12-6-3-7-13-19)25(35(22,33)34)16-10-5-11-17-25/h3-4,6-9,12-15H,5,10-11,16-17H2,1-2H3/q+1/p+1. The van der Waals surface area contributed by atoms with Crippen LogP contribution < -0.4 is 15.0 Å². The molecule has 2 aliphatic heterocycles. The molecule has 2 heterocycles. The number of anilines is 2. The number of para-hydroxylation sites is 2. The largest absolute Gasteiger partial charge is 0.386 e. The van der Waals surface area contributed by atoms with Gasteiger partial charge in [0.2, 0.25) is 9.84 Å². The number of carbonyl (C=O) groups excluding carboxylic acids is 2. The van der Waals surface area contributed by atoms with Gasteiger partial charge in [0, 0.05) is 17.7 Å². The SMILES string of the molecule is CC1=[N+](C)N(c2ccccc2)C(=O)C1=[NH+]N=C1C(=O)N(c2ccccc2)C2(CCCCC2)S1(=O)=O. The fourth-order valence-electron chi connectivity index (χ4n) is 5.13. The third-order valence-electron chi connectivity index (χ3n) is 7.02. The van der Waals surface area contributed by atoms with E-state index in [9.17, 15) is 18.0 Å². The fourth-order valence-corrected chi connectivity index (χ4v) is 7.24. The zero-order valence-electron chi connectivity index (χ0n) is 19.6. The molecule has 0 unspecified atom stereocenters. The van der Waals surface area contributed by atoms with Crippen LogP contribution in [0.5, 0.6) is 0 Å². The number of hydrogen-bond acceptors (Lipinski definition) is 5. The summed E-state index contributed by atoms with van der Waals surface area (Å²) in [7, 11) is -2.37. The van der Waals surface area contributed by atoms with E-state index < -0.39 is 31.6 Å². The quantitative estimate of drug-likeness (QED) is 0.509. The Labute approximate surface area is 204 Å². The van der Waals surface area contributed by atoms with E-state index in [1.807, 2.05) is 24.3 Å². The first kappa shape index (κ1) is 23.1. The predicted molar refractivity (Wildman–Crippen MR) is 133 cm³/mol. The first-order valence-corrected chi connectivity index (χ1v) is 13.1. The van der Waals surface area contributed by atoms with Crippen molar-refractivity contribution in [1.29, 1.82) is 0 Å². The summed E-state index contributed by atoms with van der Waals surface area (Å²) in [6.45, 7) is 1.73. The van der Waals surface area contributed by atoms with E-state index in [0.717, 1.165) is 6.42 Å². The topological polar surface area (TPSA) is 104 Å². The minimum Gasteiger partial charge on any atom is -0.285 e. The molecule has 1 saturated carbocycles. The second-order valence-electron chi connectivity index (χ2n) is 8.95. The van der Waals surface area contributed by atoms with Crippen molar-refractivity contribution in [2.75, 3.05) is 17.0 Å².